The van der Waals surface area contributed by atoms with Crippen LogP contribution in [0, 0.1) is 11.3 Å². The molecule has 1 saturated heterocycles. The van der Waals surface area contributed by atoms with E-state index in [1.54, 1.807) is 41.8 Å². The highest BCUT2D eigenvalue weighted by Gasteiger charge is 2.34. The van der Waals surface area contributed by atoms with Crippen molar-refractivity contribution in [3.8, 4) is 6.07 Å². The predicted octanol–water partition coefficient (Wildman–Crippen LogP) is 2.53. The van der Waals surface area contributed by atoms with Gasteiger partial charge in [0.05, 0.1) is 16.3 Å². The Balaban J connectivity index is 2.49. The van der Waals surface area contributed by atoms with Crippen LogP contribution in [0.5, 0.6) is 0 Å². The molecule has 1 aliphatic rings. The molecule has 0 saturated carbocycles. The molecule has 0 bridgehead atoms. The van der Waals surface area contributed by atoms with Crippen LogP contribution in [-0.2, 0) is 9.84 Å². The van der Waals surface area contributed by atoms with E-state index in [4.69, 9.17) is 11.6 Å². The summed E-state index contributed by atoms with van der Waals surface area (Å²) in [6.07, 6.45) is 0. The van der Waals surface area contributed by atoms with Crippen LogP contribution in [0.3, 0.4) is 0 Å². The van der Waals surface area contributed by atoms with Crippen molar-refractivity contribution in [3.05, 3.63) is 28.8 Å². The third-order valence-electron chi connectivity index (χ3n) is 3.31. The summed E-state index contributed by atoms with van der Waals surface area (Å²) in [4.78, 5) is 1.81. The van der Waals surface area contributed by atoms with Gasteiger partial charge >= 0.3 is 0 Å². The first-order valence-electron chi connectivity index (χ1n) is 6.26. The van der Waals surface area contributed by atoms with Gasteiger partial charge in [0.15, 0.2) is 9.84 Å². The first-order chi connectivity index (χ1) is 9.51. The number of nitriles is 1. The highest BCUT2D eigenvalue weighted by molar-refractivity contribution is 8.01. The molecule has 1 fully saturated rings. The van der Waals surface area contributed by atoms with E-state index in [2.05, 4.69) is 6.07 Å². The van der Waals surface area contributed by atoms with Gasteiger partial charge in [-0.2, -0.15) is 17.0 Å². The van der Waals surface area contributed by atoms with Gasteiger partial charge in [-0.3, -0.25) is 0 Å². The zero-order valence-electron chi connectivity index (χ0n) is 11.0. The SMILES string of the molecule is CCS(=O)(=O)C1CSCCN1c1cccc(Cl)c1C#N. The first kappa shape index (κ1) is 15.5. The van der Waals surface area contributed by atoms with E-state index in [0.29, 0.717) is 28.6 Å². The Morgan fingerprint density at radius 1 is 1.55 bits per heavy atom. The molecular weight excluding hydrogens is 316 g/mol. The fourth-order valence-electron chi connectivity index (χ4n) is 2.21. The number of hydrogen-bond donors (Lipinski definition) is 0. The lowest BCUT2D eigenvalue weighted by Gasteiger charge is -2.37. The molecule has 4 nitrogen and oxygen atoms in total. The standard InChI is InChI=1S/C13H15ClN2O2S2/c1-2-20(17,18)13-9-19-7-6-16(13)12-5-3-4-11(14)10(12)8-15/h3-5,13H,2,6-7,9H2,1H3. The zero-order chi connectivity index (χ0) is 14.8. The summed E-state index contributed by atoms with van der Waals surface area (Å²) >= 11 is 7.67. The fourth-order valence-corrected chi connectivity index (χ4v) is 5.40. The highest BCUT2D eigenvalue weighted by Crippen LogP contribution is 2.32. The Morgan fingerprint density at radius 3 is 2.95 bits per heavy atom. The van der Waals surface area contributed by atoms with E-state index < -0.39 is 15.2 Å². The number of anilines is 1. The van der Waals surface area contributed by atoms with Crippen LogP contribution >= 0.6 is 23.4 Å². The van der Waals surface area contributed by atoms with Crippen LogP contribution < -0.4 is 4.90 Å². The first-order valence-corrected chi connectivity index (χ1v) is 9.50. The molecule has 1 aliphatic heterocycles. The Hall–Kier alpha value is -0.900. The largest absolute Gasteiger partial charge is 0.352 e. The molecule has 1 atom stereocenters. The van der Waals surface area contributed by atoms with Crippen LogP contribution in [0.1, 0.15) is 12.5 Å². The minimum Gasteiger partial charge on any atom is -0.352 e. The maximum absolute atomic E-state index is 12.3. The Labute approximate surface area is 128 Å². The fraction of sp³-hybridized carbons (Fsp3) is 0.462. The summed E-state index contributed by atoms with van der Waals surface area (Å²) in [5, 5.41) is 9.03. The lowest BCUT2D eigenvalue weighted by atomic mass is 10.1. The van der Waals surface area contributed by atoms with E-state index in [9.17, 15) is 13.7 Å². The van der Waals surface area contributed by atoms with Crippen molar-refractivity contribution >= 4 is 38.9 Å². The molecule has 0 radical (unpaired) electrons. The minimum atomic E-state index is -3.20. The summed E-state index contributed by atoms with van der Waals surface area (Å²) in [5.74, 6) is 1.46. The van der Waals surface area contributed by atoms with Crippen LogP contribution in [0.25, 0.3) is 0 Å². The average Bonchev–Trinajstić information content (AvgIpc) is 2.47. The van der Waals surface area contributed by atoms with Crippen molar-refractivity contribution in [2.75, 3.05) is 28.7 Å². The maximum Gasteiger partial charge on any atom is 0.171 e. The van der Waals surface area contributed by atoms with Crippen LogP contribution in [0.2, 0.25) is 5.02 Å². The van der Waals surface area contributed by atoms with Crippen LogP contribution in [0.4, 0.5) is 5.69 Å². The molecule has 20 heavy (non-hydrogen) atoms. The molecule has 108 valence electrons. The van der Waals surface area contributed by atoms with E-state index in [1.165, 1.54) is 0 Å². The minimum absolute atomic E-state index is 0.0944. The van der Waals surface area contributed by atoms with E-state index >= 15 is 0 Å². The van der Waals surface area contributed by atoms with Crippen molar-refractivity contribution < 1.29 is 8.42 Å². The van der Waals surface area contributed by atoms with Crippen molar-refractivity contribution in [1.29, 1.82) is 5.26 Å². The Morgan fingerprint density at radius 2 is 2.30 bits per heavy atom. The number of benzene rings is 1. The summed E-state index contributed by atoms with van der Waals surface area (Å²) < 4.78 is 24.5. The molecule has 0 spiro atoms. The van der Waals surface area contributed by atoms with Gasteiger partial charge < -0.3 is 4.90 Å². The average molecular weight is 331 g/mol. The maximum atomic E-state index is 12.3. The molecule has 7 heteroatoms. The third-order valence-corrected chi connectivity index (χ3v) is 6.92. The molecule has 1 unspecified atom stereocenters. The summed E-state index contributed by atoms with van der Waals surface area (Å²) in [5.41, 5.74) is 0.958. The van der Waals surface area contributed by atoms with Gasteiger partial charge in [0.1, 0.15) is 11.4 Å². The number of thioether (sulfide) groups is 1. The van der Waals surface area contributed by atoms with Gasteiger partial charge in [-0.05, 0) is 12.1 Å². The Kier molecular flexibility index (Phi) is 4.84. The van der Waals surface area contributed by atoms with Gasteiger partial charge in [0, 0.05) is 23.8 Å². The van der Waals surface area contributed by atoms with Crippen molar-refractivity contribution in [2.24, 2.45) is 0 Å². The van der Waals surface area contributed by atoms with Crippen LogP contribution in [-0.4, -0.2) is 37.6 Å². The monoisotopic (exact) mass is 330 g/mol. The topological polar surface area (TPSA) is 61.2 Å². The molecule has 1 aromatic carbocycles. The summed E-state index contributed by atoms with van der Waals surface area (Å²) in [6, 6.07) is 7.23. The smallest absolute Gasteiger partial charge is 0.171 e. The zero-order valence-corrected chi connectivity index (χ0v) is 13.4. The second-order valence-electron chi connectivity index (χ2n) is 4.42. The van der Waals surface area contributed by atoms with E-state index in [1.807, 2.05) is 0 Å². The predicted molar refractivity (Wildman–Crippen MR) is 84.1 cm³/mol. The number of rotatable bonds is 3. The lowest BCUT2D eigenvalue weighted by molar-refractivity contribution is 0.579. The third kappa shape index (κ3) is 2.90. The highest BCUT2D eigenvalue weighted by atomic mass is 35.5. The normalized spacial score (nSPS) is 19.6. The molecule has 0 N–H and O–H groups in total. The quantitative estimate of drug-likeness (QED) is 0.852. The van der Waals surface area contributed by atoms with Gasteiger partial charge in [-0.25, -0.2) is 8.42 Å². The molecule has 1 aromatic rings. The van der Waals surface area contributed by atoms with Gasteiger partial charge in [0.2, 0.25) is 0 Å². The molecule has 1 heterocycles. The lowest BCUT2D eigenvalue weighted by Crippen LogP contribution is -2.48. The van der Waals surface area contributed by atoms with Gasteiger partial charge in [-0.15, -0.1) is 0 Å². The van der Waals surface area contributed by atoms with Crippen LogP contribution in [0.15, 0.2) is 18.2 Å². The van der Waals surface area contributed by atoms with Crippen molar-refractivity contribution in [1.82, 2.24) is 0 Å². The number of nitrogens with zero attached hydrogens (tertiary/aromatic N) is 2. The van der Waals surface area contributed by atoms with Crippen molar-refractivity contribution in [3.63, 3.8) is 0 Å². The number of halogens is 1. The molecule has 0 aliphatic carbocycles. The summed E-state index contributed by atoms with van der Waals surface area (Å²) in [6.45, 7) is 2.25. The summed E-state index contributed by atoms with van der Waals surface area (Å²) in [7, 11) is -3.20. The molecular formula is C13H15ClN2O2S2. The number of hydrogen-bond acceptors (Lipinski definition) is 5. The van der Waals surface area contributed by atoms with E-state index in [0.717, 1.165) is 5.75 Å². The number of sulfone groups is 1. The van der Waals surface area contributed by atoms with Gasteiger partial charge in [0.25, 0.3) is 0 Å². The molecule has 2 rings (SSSR count). The molecule has 0 aromatic heterocycles. The van der Waals surface area contributed by atoms with Gasteiger partial charge in [-0.1, -0.05) is 24.6 Å². The molecule has 0 amide bonds. The van der Waals surface area contributed by atoms with Crippen molar-refractivity contribution in [2.45, 2.75) is 12.3 Å². The second-order valence-corrected chi connectivity index (χ2v) is 8.42. The van der Waals surface area contributed by atoms with E-state index in [-0.39, 0.29) is 5.75 Å². The Bertz CT molecular complexity index is 640. The second kappa shape index (κ2) is 6.25.